The molecule has 1 aliphatic rings. The summed E-state index contributed by atoms with van der Waals surface area (Å²) in [6, 6.07) is 7.41. The highest BCUT2D eigenvalue weighted by Crippen LogP contribution is 2.39. The number of pyridine rings is 1. The monoisotopic (exact) mass is 416 g/mol. The lowest BCUT2D eigenvalue weighted by molar-refractivity contribution is -0.149. The molecule has 156 valence electrons. The first-order chi connectivity index (χ1) is 14.2. The molecule has 4 rings (SSSR count). The molecule has 0 saturated heterocycles. The Hall–Kier alpha value is -3.32. The van der Waals surface area contributed by atoms with Crippen LogP contribution in [0.1, 0.15) is 37.3 Å². The Kier molecular flexibility index (Phi) is 4.78. The van der Waals surface area contributed by atoms with Crippen LogP contribution in [0.25, 0.3) is 10.9 Å². The van der Waals surface area contributed by atoms with E-state index in [0.29, 0.717) is 24.0 Å². The highest BCUT2D eigenvalue weighted by molar-refractivity contribution is 5.91. The van der Waals surface area contributed by atoms with Crippen molar-refractivity contribution >= 4 is 22.4 Å². The Morgan fingerprint density at radius 3 is 2.50 bits per heavy atom. The summed E-state index contributed by atoms with van der Waals surface area (Å²) < 4.78 is 40.0. The quantitative estimate of drug-likeness (QED) is 0.598. The van der Waals surface area contributed by atoms with Gasteiger partial charge in [-0.3, -0.25) is 4.79 Å². The van der Waals surface area contributed by atoms with Gasteiger partial charge in [-0.1, -0.05) is 12.1 Å². The summed E-state index contributed by atoms with van der Waals surface area (Å²) in [4.78, 5) is 15.1. The number of hydrogen-bond acceptors (Lipinski definition) is 5. The number of nitrogens with one attached hydrogen (secondary N) is 2. The van der Waals surface area contributed by atoms with Crippen LogP contribution in [0.3, 0.4) is 0 Å². The van der Waals surface area contributed by atoms with Gasteiger partial charge in [0.25, 0.3) is 5.56 Å². The van der Waals surface area contributed by atoms with Crippen LogP contribution in [-0.4, -0.2) is 20.9 Å². The zero-order chi connectivity index (χ0) is 21.5. The fourth-order valence-electron chi connectivity index (χ4n) is 3.92. The molecule has 7 nitrogen and oxygen atoms in total. The van der Waals surface area contributed by atoms with Crippen molar-refractivity contribution in [3.63, 3.8) is 0 Å². The van der Waals surface area contributed by atoms with E-state index in [4.69, 9.17) is 5.73 Å². The van der Waals surface area contributed by atoms with Crippen molar-refractivity contribution in [2.24, 2.45) is 5.73 Å². The predicted octanol–water partition coefficient (Wildman–Crippen LogP) is 3.82. The summed E-state index contributed by atoms with van der Waals surface area (Å²) in [6.07, 6.45) is 0.0146. The Bertz CT molecular complexity index is 1170. The van der Waals surface area contributed by atoms with E-state index < -0.39 is 17.8 Å². The van der Waals surface area contributed by atoms with E-state index in [2.05, 4.69) is 21.5 Å². The maximum Gasteiger partial charge on any atom is 0.407 e. The average Bonchev–Trinajstić information content (AvgIpc) is 3.34. The smallest absolute Gasteiger partial charge is 0.338 e. The fourth-order valence-corrected chi connectivity index (χ4v) is 3.92. The first kappa shape index (κ1) is 20.0. The van der Waals surface area contributed by atoms with E-state index in [1.54, 1.807) is 10.7 Å². The number of nitriles is 1. The second-order valence-electron chi connectivity index (χ2n) is 7.44. The van der Waals surface area contributed by atoms with E-state index in [-0.39, 0.29) is 22.3 Å². The number of anilines is 2. The van der Waals surface area contributed by atoms with Crippen molar-refractivity contribution in [1.29, 1.82) is 5.26 Å². The molecule has 1 aromatic carbocycles. The van der Waals surface area contributed by atoms with Crippen LogP contribution < -0.4 is 16.6 Å². The normalized spacial score (nSPS) is 17.0. The molecule has 2 heterocycles. The predicted molar refractivity (Wildman–Crippen MR) is 105 cm³/mol. The van der Waals surface area contributed by atoms with Gasteiger partial charge in [0, 0.05) is 11.9 Å². The molecular weight excluding hydrogens is 397 g/mol. The van der Waals surface area contributed by atoms with E-state index >= 15 is 0 Å². The van der Waals surface area contributed by atoms with Crippen LogP contribution >= 0.6 is 0 Å². The number of nitrogens with zero attached hydrogens (tertiary/aromatic N) is 3. The van der Waals surface area contributed by atoms with Crippen LogP contribution in [-0.2, 0) is 5.54 Å². The van der Waals surface area contributed by atoms with Crippen LogP contribution in [0.2, 0.25) is 0 Å². The third-order valence-corrected chi connectivity index (χ3v) is 5.53. The second-order valence-corrected chi connectivity index (χ2v) is 7.44. The Morgan fingerprint density at radius 2 is 1.90 bits per heavy atom. The standard InChI is InChI=1S/C20H19F3N6O/c21-20(22,23)16(25)12-3-5-13(6-4-12)27-17-15-14(7-10-26-18(15)30)29(28-17)19(11-24)8-1-2-9-19/h3-7,10,16H,1-2,8-9,25H2,(H,26,30)(H,27,28). The number of nitrogens with two attached hydrogens (primary N) is 1. The van der Waals surface area contributed by atoms with Crippen molar-refractivity contribution in [2.45, 2.75) is 43.4 Å². The number of rotatable bonds is 4. The number of alkyl halides is 3. The lowest BCUT2D eigenvalue weighted by atomic mass is 10.00. The summed E-state index contributed by atoms with van der Waals surface area (Å²) >= 11 is 0. The number of H-pyrrole nitrogens is 1. The van der Waals surface area contributed by atoms with Gasteiger partial charge >= 0.3 is 6.18 Å². The van der Waals surface area contributed by atoms with Gasteiger partial charge in [-0.15, -0.1) is 0 Å². The third-order valence-electron chi connectivity index (χ3n) is 5.53. The molecule has 2 aromatic heterocycles. The Labute approximate surface area is 169 Å². The minimum atomic E-state index is -4.54. The van der Waals surface area contributed by atoms with E-state index in [1.807, 2.05) is 0 Å². The maximum absolute atomic E-state index is 12.8. The topological polar surface area (TPSA) is 113 Å². The summed E-state index contributed by atoms with van der Waals surface area (Å²) in [5.41, 5.74) is 4.94. The summed E-state index contributed by atoms with van der Waals surface area (Å²) in [5, 5.41) is 17.6. The van der Waals surface area contributed by atoms with Gasteiger partial charge in [0.2, 0.25) is 0 Å². The van der Waals surface area contributed by atoms with E-state index in [0.717, 1.165) is 12.8 Å². The van der Waals surface area contributed by atoms with Crippen molar-refractivity contribution in [3.8, 4) is 6.07 Å². The molecule has 1 fully saturated rings. The third kappa shape index (κ3) is 3.31. The van der Waals surface area contributed by atoms with Crippen LogP contribution in [0.5, 0.6) is 0 Å². The number of halogens is 3. The highest BCUT2D eigenvalue weighted by Gasteiger charge is 2.39. The number of aromatic nitrogens is 3. The largest absolute Gasteiger partial charge is 0.407 e. The van der Waals surface area contributed by atoms with Gasteiger partial charge in [-0.25, -0.2) is 4.68 Å². The molecule has 30 heavy (non-hydrogen) atoms. The van der Waals surface area contributed by atoms with Gasteiger partial charge in [0.1, 0.15) is 17.0 Å². The van der Waals surface area contributed by atoms with Crippen molar-refractivity contribution in [1.82, 2.24) is 14.8 Å². The molecule has 0 aliphatic heterocycles. The second kappa shape index (κ2) is 7.18. The SMILES string of the molecule is N#CC1(n2nc(Nc3ccc(C(N)C(F)(F)F)cc3)c3c(=O)[nH]ccc32)CCCC1. The zero-order valence-corrected chi connectivity index (χ0v) is 15.8. The molecule has 0 spiro atoms. The maximum atomic E-state index is 12.8. The molecule has 0 bridgehead atoms. The molecule has 1 unspecified atom stereocenters. The first-order valence-electron chi connectivity index (χ1n) is 9.47. The number of benzene rings is 1. The molecule has 1 atom stereocenters. The van der Waals surface area contributed by atoms with Gasteiger partial charge in [0.05, 0.1) is 11.6 Å². The van der Waals surface area contributed by atoms with E-state index in [1.165, 1.54) is 30.5 Å². The molecule has 0 amide bonds. The number of aromatic amines is 1. The Balaban J connectivity index is 1.74. The molecule has 1 saturated carbocycles. The lowest BCUT2D eigenvalue weighted by Crippen LogP contribution is -2.29. The molecule has 10 heteroatoms. The van der Waals surface area contributed by atoms with Crippen molar-refractivity contribution in [2.75, 3.05) is 5.32 Å². The Morgan fingerprint density at radius 1 is 1.23 bits per heavy atom. The van der Waals surface area contributed by atoms with Crippen molar-refractivity contribution in [3.05, 3.63) is 52.4 Å². The molecular formula is C20H19F3N6O. The van der Waals surface area contributed by atoms with E-state index in [9.17, 15) is 23.2 Å². The zero-order valence-electron chi connectivity index (χ0n) is 15.8. The van der Waals surface area contributed by atoms with Crippen LogP contribution in [0.15, 0.2) is 41.3 Å². The van der Waals surface area contributed by atoms with Gasteiger partial charge in [-0.05, 0) is 49.4 Å². The van der Waals surface area contributed by atoms with Crippen molar-refractivity contribution < 1.29 is 13.2 Å². The minimum Gasteiger partial charge on any atom is -0.338 e. The highest BCUT2D eigenvalue weighted by atomic mass is 19.4. The van der Waals surface area contributed by atoms with Crippen LogP contribution in [0, 0.1) is 11.3 Å². The molecule has 4 N–H and O–H groups in total. The first-order valence-corrected chi connectivity index (χ1v) is 9.47. The summed E-state index contributed by atoms with van der Waals surface area (Å²) in [7, 11) is 0. The van der Waals surface area contributed by atoms with Gasteiger partial charge in [0.15, 0.2) is 5.82 Å². The summed E-state index contributed by atoms with van der Waals surface area (Å²) in [6.45, 7) is 0. The van der Waals surface area contributed by atoms with Gasteiger partial charge < -0.3 is 16.0 Å². The average molecular weight is 416 g/mol. The minimum absolute atomic E-state index is 0.0735. The molecule has 0 radical (unpaired) electrons. The number of fused-ring (bicyclic) bond motifs is 1. The molecule has 3 aromatic rings. The number of hydrogen-bond donors (Lipinski definition) is 3. The lowest BCUT2D eigenvalue weighted by Gasteiger charge is -2.21. The van der Waals surface area contributed by atoms with Gasteiger partial charge in [-0.2, -0.15) is 23.5 Å². The summed E-state index contributed by atoms with van der Waals surface area (Å²) in [5.74, 6) is 0.237. The van der Waals surface area contributed by atoms with Crippen LogP contribution in [0.4, 0.5) is 24.7 Å². The molecule has 1 aliphatic carbocycles. The fraction of sp³-hybridized carbons (Fsp3) is 0.350.